The highest BCUT2D eigenvalue weighted by atomic mass is 35.5. The van der Waals surface area contributed by atoms with Crippen LogP contribution in [0.5, 0.6) is 0 Å². The third-order valence-electron chi connectivity index (χ3n) is 2.15. The van der Waals surface area contributed by atoms with E-state index in [0.717, 1.165) is 17.8 Å². The quantitative estimate of drug-likeness (QED) is 0.772. The van der Waals surface area contributed by atoms with Crippen molar-refractivity contribution in [1.82, 2.24) is 9.78 Å². The fourth-order valence-corrected chi connectivity index (χ4v) is 1.49. The van der Waals surface area contributed by atoms with E-state index in [2.05, 4.69) is 5.10 Å². The molecule has 0 unspecified atom stereocenters. The number of Topliss-reactive ketones (excluding diaryl/α,β-unsaturated/α-hetero) is 1. The van der Waals surface area contributed by atoms with E-state index in [1.807, 2.05) is 20.8 Å². The molecule has 1 aromatic heterocycles. The minimum atomic E-state index is 0.203. The lowest BCUT2D eigenvalue weighted by molar-refractivity contribution is -0.119. The molecule has 3 nitrogen and oxygen atoms in total. The van der Waals surface area contributed by atoms with E-state index in [-0.39, 0.29) is 5.78 Å². The number of aryl methyl sites for hydroxylation is 1. The normalized spacial score (nSPS) is 10.6. The minimum absolute atomic E-state index is 0.203. The topological polar surface area (TPSA) is 34.9 Å². The van der Waals surface area contributed by atoms with Crippen LogP contribution >= 0.6 is 11.6 Å². The van der Waals surface area contributed by atoms with Crippen LogP contribution in [0.2, 0.25) is 5.02 Å². The summed E-state index contributed by atoms with van der Waals surface area (Å²) >= 11 is 5.96. The molecule has 4 heteroatoms. The number of nitrogens with zero attached hydrogens (tertiary/aromatic N) is 2. The zero-order valence-corrected chi connectivity index (χ0v) is 9.56. The van der Waals surface area contributed by atoms with E-state index in [9.17, 15) is 4.79 Å². The van der Waals surface area contributed by atoms with Crippen molar-refractivity contribution in [2.75, 3.05) is 0 Å². The molecule has 1 heterocycles. The summed E-state index contributed by atoms with van der Waals surface area (Å²) in [6, 6.07) is 0. The molecule has 1 aromatic rings. The van der Waals surface area contributed by atoms with Crippen molar-refractivity contribution < 1.29 is 4.79 Å². The highest BCUT2D eigenvalue weighted by Gasteiger charge is 2.11. The highest BCUT2D eigenvalue weighted by molar-refractivity contribution is 6.31. The summed E-state index contributed by atoms with van der Waals surface area (Å²) in [6.07, 6.45) is 1.49. The van der Waals surface area contributed by atoms with Crippen molar-refractivity contribution in [2.45, 2.75) is 40.2 Å². The maximum Gasteiger partial charge on any atom is 0.154 e. The summed E-state index contributed by atoms with van der Waals surface area (Å²) in [7, 11) is 0. The van der Waals surface area contributed by atoms with Crippen LogP contribution < -0.4 is 0 Å². The first-order valence-corrected chi connectivity index (χ1v) is 5.15. The first-order chi connectivity index (χ1) is 6.56. The van der Waals surface area contributed by atoms with Gasteiger partial charge in [0.1, 0.15) is 0 Å². The summed E-state index contributed by atoms with van der Waals surface area (Å²) in [6.45, 7) is 6.05. The van der Waals surface area contributed by atoms with Gasteiger partial charge in [0.05, 0.1) is 23.0 Å². The first kappa shape index (κ1) is 11.2. The summed E-state index contributed by atoms with van der Waals surface area (Å²) in [5.74, 6) is 0.203. The Morgan fingerprint density at radius 2 is 2.14 bits per heavy atom. The van der Waals surface area contributed by atoms with Gasteiger partial charge in [0.25, 0.3) is 0 Å². The van der Waals surface area contributed by atoms with Gasteiger partial charge in [0.15, 0.2) is 5.78 Å². The summed E-state index contributed by atoms with van der Waals surface area (Å²) in [5, 5.41) is 4.86. The molecule has 0 amide bonds. The lowest BCUT2D eigenvalue weighted by atomic mass is 10.2. The molecule has 0 aromatic carbocycles. The Morgan fingerprint density at radius 1 is 1.50 bits per heavy atom. The molecule has 0 saturated carbocycles. The number of ketones is 1. The molecule has 0 fully saturated rings. The molecule has 78 valence electrons. The molecule has 0 atom stereocenters. The maximum absolute atomic E-state index is 11.4. The van der Waals surface area contributed by atoms with Gasteiger partial charge in [-0.15, -0.1) is 0 Å². The predicted octanol–water partition coefficient (Wildman–Crippen LogP) is 2.52. The number of hydrogen-bond donors (Lipinski definition) is 0. The van der Waals surface area contributed by atoms with E-state index in [4.69, 9.17) is 11.6 Å². The van der Waals surface area contributed by atoms with E-state index < -0.39 is 0 Å². The summed E-state index contributed by atoms with van der Waals surface area (Å²) < 4.78 is 1.68. The van der Waals surface area contributed by atoms with Gasteiger partial charge in [-0.3, -0.25) is 9.48 Å². The second kappa shape index (κ2) is 4.60. The fourth-order valence-electron chi connectivity index (χ4n) is 1.35. The van der Waals surface area contributed by atoms with Crippen molar-refractivity contribution in [3.8, 4) is 0 Å². The number of carbonyl (C=O) groups excluding carboxylic acids is 1. The molecule has 0 aliphatic carbocycles. The lowest BCUT2D eigenvalue weighted by Gasteiger charge is -2.02. The van der Waals surface area contributed by atoms with Crippen molar-refractivity contribution in [3.05, 3.63) is 16.4 Å². The molecule has 14 heavy (non-hydrogen) atoms. The lowest BCUT2D eigenvalue weighted by Crippen LogP contribution is -2.12. The van der Waals surface area contributed by atoms with E-state index >= 15 is 0 Å². The van der Waals surface area contributed by atoms with Gasteiger partial charge in [-0.1, -0.05) is 18.5 Å². The van der Waals surface area contributed by atoms with Gasteiger partial charge < -0.3 is 0 Å². The monoisotopic (exact) mass is 214 g/mol. The van der Waals surface area contributed by atoms with Crippen LogP contribution in [0, 0.1) is 13.8 Å². The Morgan fingerprint density at radius 3 is 2.57 bits per heavy atom. The van der Waals surface area contributed by atoms with Crippen LogP contribution in [0.3, 0.4) is 0 Å². The van der Waals surface area contributed by atoms with Gasteiger partial charge in [0.2, 0.25) is 0 Å². The van der Waals surface area contributed by atoms with Crippen LogP contribution in [0.25, 0.3) is 0 Å². The number of hydrogen-bond acceptors (Lipinski definition) is 2. The first-order valence-electron chi connectivity index (χ1n) is 4.77. The zero-order valence-electron chi connectivity index (χ0n) is 8.80. The Balaban J connectivity index is 2.77. The Bertz CT molecular complexity index is 344. The number of rotatable bonds is 4. The SMILES string of the molecule is CCCC(=O)Cn1nc(C)c(Cl)c1C. The van der Waals surface area contributed by atoms with Crippen LogP contribution in [0.15, 0.2) is 0 Å². The number of carbonyl (C=O) groups is 1. The molecule has 0 spiro atoms. The van der Waals surface area contributed by atoms with Gasteiger partial charge in [0, 0.05) is 6.42 Å². The van der Waals surface area contributed by atoms with Crippen LogP contribution in [0.4, 0.5) is 0 Å². The van der Waals surface area contributed by atoms with E-state index in [1.54, 1.807) is 4.68 Å². The second-order valence-corrected chi connectivity index (χ2v) is 3.81. The van der Waals surface area contributed by atoms with Crippen LogP contribution in [-0.4, -0.2) is 15.6 Å². The van der Waals surface area contributed by atoms with E-state index in [0.29, 0.717) is 18.0 Å². The Labute approximate surface area is 89.1 Å². The Hall–Kier alpha value is -0.830. The molecule has 0 N–H and O–H groups in total. The van der Waals surface area contributed by atoms with Gasteiger partial charge in [-0.25, -0.2) is 0 Å². The van der Waals surface area contributed by atoms with Crippen molar-refractivity contribution in [1.29, 1.82) is 0 Å². The van der Waals surface area contributed by atoms with Crippen molar-refractivity contribution in [3.63, 3.8) is 0 Å². The second-order valence-electron chi connectivity index (χ2n) is 3.43. The molecule has 0 aliphatic heterocycles. The standard InChI is InChI=1S/C10H15ClN2O/c1-4-5-9(14)6-13-8(3)10(11)7(2)12-13/h4-6H2,1-3H3. The van der Waals surface area contributed by atoms with Crippen LogP contribution in [-0.2, 0) is 11.3 Å². The Kier molecular flexibility index (Phi) is 3.69. The smallest absolute Gasteiger partial charge is 0.154 e. The van der Waals surface area contributed by atoms with Crippen molar-refractivity contribution >= 4 is 17.4 Å². The molecule has 1 rings (SSSR count). The van der Waals surface area contributed by atoms with E-state index in [1.165, 1.54) is 0 Å². The van der Waals surface area contributed by atoms with Gasteiger partial charge in [-0.05, 0) is 20.3 Å². The van der Waals surface area contributed by atoms with Gasteiger partial charge in [-0.2, -0.15) is 5.10 Å². The minimum Gasteiger partial charge on any atom is -0.298 e. The summed E-state index contributed by atoms with van der Waals surface area (Å²) in [4.78, 5) is 11.4. The highest BCUT2D eigenvalue weighted by Crippen LogP contribution is 2.18. The van der Waals surface area contributed by atoms with Crippen molar-refractivity contribution in [2.24, 2.45) is 0 Å². The average molecular weight is 215 g/mol. The van der Waals surface area contributed by atoms with Gasteiger partial charge >= 0.3 is 0 Å². The van der Waals surface area contributed by atoms with Crippen LogP contribution in [0.1, 0.15) is 31.2 Å². The molecule has 0 saturated heterocycles. The average Bonchev–Trinajstić information content (AvgIpc) is 2.34. The number of aromatic nitrogens is 2. The molecular formula is C10H15ClN2O. The third-order valence-corrected chi connectivity index (χ3v) is 2.70. The summed E-state index contributed by atoms with van der Waals surface area (Å²) in [5.41, 5.74) is 1.65. The maximum atomic E-state index is 11.4. The molecule has 0 radical (unpaired) electrons. The number of halogens is 1. The predicted molar refractivity (Wildman–Crippen MR) is 56.6 cm³/mol. The zero-order chi connectivity index (χ0) is 10.7. The molecule has 0 bridgehead atoms. The molecular weight excluding hydrogens is 200 g/mol. The third kappa shape index (κ3) is 2.35. The fraction of sp³-hybridized carbons (Fsp3) is 0.600. The molecule has 0 aliphatic rings. The largest absolute Gasteiger partial charge is 0.298 e.